The highest BCUT2D eigenvalue weighted by Crippen LogP contribution is 2.29. The van der Waals surface area contributed by atoms with Gasteiger partial charge >= 0.3 is 0 Å². The minimum absolute atomic E-state index is 0.216. The molecule has 0 aliphatic carbocycles. The topological polar surface area (TPSA) is 33.4 Å². The van der Waals surface area contributed by atoms with E-state index in [-0.39, 0.29) is 5.75 Å². The summed E-state index contributed by atoms with van der Waals surface area (Å²) in [6.07, 6.45) is 0. The molecule has 0 atom stereocenters. The summed E-state index contributed by atoms with van der Waals surface area (Å²) in [6, 6.07) is 7.41. The highest BCUT2D eigenvalue weighted by molar-refractivity contribution is 7.99. The van der Waals surface area contributed by atoms with Crippen molar-refractivity contribution < 1.29 is 9.52 Å². The van der Waals surface area contributed by atoms with Crippen LogP contribution < -0.4 is 0 Å². The standard InChI is InChI=1S/C12H14O2S/c1-8(2)15-7-10-6-9-4-3-5-11(13)12(9)14-10/h3-6,8,13H,7H2,1-2H3. The van der Waals surface area contributed by atoms with Gasteiger partial charge in [-0.1, -0.05) is 26.0 Å². The van der Waals surface area contributed by atoms with E-state index >= 15 is 0 Å². The molecular formula is C12H14O2S. The van der Waals surface area contributed by atoms with Gasteiger partial charge in [-0.15, -0.1) is 0 Å². The number of thioether (sulfide) groups is 1. The van der Waals surface area contributed by atoms with E-state index in [2.05, 4.69) is 13.8 Å². The number of hydrogen-bond donors (Lipinski definition) is 1. The zero-order valence-corrected chi connectivity index (χ0v) is 9.67. The molecule has 80 valence electrons. The first-order valence-corrected chi connectivity index (χ1v) is 6.03. The van der Waals surface area contributed by atoms with Gasteiger partial charge in [-0.3, -0.25) is 0 Å². The first kappa shape index (κ1) is 10.4. The van der Waals surface area contributed by atoms with Crippen LogP contribution in [-0.2, 0) is 5.75 Å². The number of benzene rings is 1. The molecule has 0 saturated heterocycles. The van der Waals surface area contributed by atoms with Gasteiger partial charge in [-0.25, -0.2) is 0 Å². The van der Waals surface area contributed by atoms with E-state index in [9.17, 15) is 5.11 Å². The minimum atomic E-state index is 0.216. The number of furan rings is 1. The van der Waals surface area contributed by atoms with Gasteiger partial charge in [0.05, 0.1) is 5.75 Å². The maximum Gasteiger partial charge on any atom is 0.175 e. The third-order valence-corrected chi connectivity index (χ3v) is 3.25. The van der Waals surface area contributed by atoms with Gasteiger partial charge in [0, 0.05) is 5.39 Å². The fraction of sp³-hybridized carbons (Fsp3) is 0.333. The molecule has 2 rings (SSSR count). The van der Waals surface area contributed by atoms with Crippen molar-refractivity contribution in [1.29, 1.82) is 0 Å². The highest BCUT2D eigenvalue weighted by Gasteiger charge is 2.07. The summed E-state index contributed by atoms with van der Waals surface area (Å²) in [5, 5.41) is 11.1. The summed E-state index contributed by atoms with van der Waals surface area (Å²) in [4.78, 5) is 0. The molecule has 2 aromatic rings. The minimum Gasteiger partial charge on any atom is -0.504 e. The van der Waals surface area contributed by atoms with E-state index < -0.39 is 0 Å². The molecule has 1 N–H and O–H groups in total. The number of phenolic OH excluding ortho intramolecular Hbond substituents is 1. The fourth-order valence-corrected chi connectivity index (χ4v) is 2.06. The van der Waals surface area contributed by atoms with Crippen LogP contribution in [0.4, 0.5) is 0 Å². The molecule has 0 radical (unpaired) electrons. The largest absolute Gasteiger partial charge is 0.504 e. The van der Waals surface area contributed by atoms with E-state index in [0.717, 1.165) is 16.9 Å². The molecule has 1 heterocycles. The van der Waals surface area contributed by atoms with Crippen molar-refractivity contribution in [2.24, 2.45) is 0 Å². The monoisotopic (exact) mass is 222 g/mol. The molecule has 2 nitrogen and oxygen atoms in total. The van der Waals surface area contributed by atoms with Crippen LogP contribution in [0.3, 0.4) is 0 Å². The quantitative estimate of drug-likeness (QED) is 0.858. The van der Waals surface area contributed by atoms with Crippen molar-refractivity contribution in [2.75, 3.05) is 0 Å². The van der Waals surface area contributed by atoms with Crippen LogP contribution in [-0.4, -0.2) is 10.4 Å². The molecular weight excluding hydrogens is 208 g/mol. The third-order valence-electron chi connectivity index (χ3n) is 2.13. The molecule has 0 fully saturated rings. The zero-order chi connectivity index (χ0) is 10.8. The van der Waals surface area contributed by atoms with Crippen molar-refractivity contribution >= 4 is 22.7 Å². The summed E-state index contributed by atoms with van der Waals surface area (Å²) in [5.74, 6) is 1.99. The van der Waals surface area contributed by atoms with Crippen LogP contribution in [0.25, 0.3) is 11.0 Å². The Morgan fingerprint density at radius 3 is 2.87 bits per heavy atom. The Morgan fingerprint density at radius 2 is 2.20 bits per heavy atom. The average molecular weight is 222 g/mol. The SMILES string of the molecule is CC(C)SCc1cc2cccc(O)c2o1. The predicted molar refractivity (Wildman–Crippen MR) is 64.3 cm³/mol. The van der Waals surface area contributed by atoms with Crippen LogP contribution in [0, 0.1) is 0 Å². The summed E-state index contributed by atoms with van der Waals surface area (Å²) >= 11 is 1.83. The first-order valence-electron chi connectivity index (χ1n) is 4.99. The number of phenols is 1. The van der Waals surface area contributed by atoms with E-state index in [0.29, 0.717) is 10.8 Å². The molecule has 0 amide bonds. The lowest BCUT2D eigenvalue weighted by molar-refractivity contribution is 0.461. The van der Waals surface area contributed by atoms with Crippen molar-refractivity contribution in [3.8, 4) is 5.75 Å². The van der Waals surface area contributed by atoms with Gasteiger partial charge in [-0.05, 0) is 17.4 Å². The number of para-hydroxylation sites is 1. The molecule has 0 spiro atoms. The third kappa shape index (κ3) is 2.29. The van der Waals surface area contributed by atoms with E-state index in [1.807, 2.05) is 30.0 Å². The second kappa shape index (κ2) is 4.19. The van der Waals surface area contributed by atoms with Crippen LogP contribution >= 0.6 is 11.8 Å². The maximum absolute atomic E-state index is 9.56. The fourth-order valence-electron chi connectivity index (χ4n) is 1.42. The van der Waals surface area contributed by atoms with Gasteiger partial charge in [0.2, 0.25) is 0 Å². The van der Waals surface area contributed by atoms with Crippen molar-refractivity contribution in [2.45, 2.75) is 24.9 Å². The van der Waals surface area contributed by atoms with Crippen LogP contribution in [0.1, 0.15) is 19.6 Å². The lowest BCUT2D eigenvalue weighted by Crippen LogP contribution is -1.86. The summed E-state index contributed by atoms with van der Waals surface area (Å²) in [5.41, 5.74) is 0.594. The normalized spacial score (nSPS) is 11.4. The maximum atomic E-state index is 9.56. The van der Waals surface area contributed by atoms with Crippen LogP contribution in [0.15, 0.2) is 28.7 Å². The molecule has 0 aliphatic rings. The molecule has 0 aliphatic heterocycles. The van der Waals surface area contributed by atoms with Crippen LogP contribution in [0.2, 0.25) is 0 Å². The second-order valence-electron chi connectivity index (χ2n) is 3.77. The smallest absolute Gasteiger partial charge is 0.175 e. The van der Waals surface area contributed by atoms with E-state index in [1.165, 1.54) is 0 Å². The summed E-state index contributed by atoms with van der Waals surface area (Å²) in [6.45, 7) is 4.32. The number of fused-ring (bicyclic) bond motifs is 1. The highest BCUT2D eigenvalue weighted by atomic mass is 32.2. The van der Waals surface area contributed by atoms with Crippen LogP contribution in [0.5, 0.6) is 5.75 Å². The Bertz CT molecular complexity index is 460. The number of hydrogen-bond acceptors (Lipinski definition) is 3. The molecule has 3 heteroatoms. The van der Waals surface area contributed by atoms with Gasteiger partial charge in [0.15, 0.2) is 11.3 Å². The molecule has 0 unspecified atom stereocenters. The first-order chi connectivity index (χ1) is 7.16. The Hall–Kier alpha value is -1.09. The lowest BCUT2D eigenvalue weighted by atomic mass is 10.2. The number of rotatable bonds is 3. The Labute approximate surface area is 93.3 Å². The molecule has 0 saturated carbocycles. The number of aromatic hydroxyl groups is 1. The Balaban J connectivity index is 2.27. The van der Waals surface area contributed by atoms with Gasteiger partial charge in [0.25, 0.3) is 0 Å². The van der Waals surface area contributed by atoms with Gasteiger partial charge in [0.1, 0.15) is 5.76 Å². The summed E-state index contributed by atoms with van der Waals surface area (Å²) in [7, 11) is 0. The van der Waals surface area contributed by atoms with Crippen molar-refractivity contribution in [3.05, 3.63) is 30.0 Å². The second-order valence-corrected chi connectivity index (χ2v) is 5.33. The predicted octanol–water partition coefficient (Wildman–Crippen LogP) is 3.78. The molecule has 1 aromatic carbocycles. The average Bonchev–Trinajstić information content (AvgIpc) is 2.59. The van der Waals surface area contributed by atoms with E-state index in [1.54, 1.807) is 6.07 Å². The molecule has 15 heavy (non-hydrogen) atoms. The summed E-state index contributed by atoms with van der Waals surface area (Å²) < 4.78 is 5.58. The Morgan fingerprint density at radius 1 is 1.40 bits per heavy atom. The van der Waals surface area contributed by atoms with Crippen molar-refractivity contribution in [3.63, 3.8) is 0 Å². The molecule has 1 aromatic heterocycles. The Kier molecular flexibility index (Phi) is 2.91. The zero-order valence-electron chi connectivity index (χ0n) is 8.86. The lowest BCUT2D eigenvalue weighted by Gasteiger charge is -2.00. The van der Waals surface area contributed by atoms with Gasteiger partial charge in [-0.2, -0.15) is 11.8 Å². The van der Waals surface area contributed by atoms with Gasteiger partial charge < -0.3 is 9.52 Å². The van der Waals surface area contributed by atoms with Crippen molar-refractivity contribution in [1.82, 2.24) is 0 Å². The molecule has 0 bridgehead atoms. The van der Waals surface area contributed by atoms with E-state index in [4.69, 9.17) is 4.42 Å².